The third kappa shape index (κ3) is 4.32. The number of aromatic nitrogens is 1. The number of nitrogens with one attached hydrogen (secondary N) is 2. The maximum atomic E-state index is 12.2. The number of hydrogen-bond donors (Lipinski definition) is 2. The molecule has 0 fully saturated rings. The molecule has 1 amide bonds. The van der Waals surface area contributed by atoms with Crippen molar-refractivity contribution in [2.45, 2.75) is 39.3 Å². The number of carbonyl (C=O) groups is 1. The summed E-state index contributed by atoms with van der Waals surface area (Å²) in [6.07, 6.45) is 2.74. The molecule has 2 unspecified atom stereocenters. The van der Waals surface area contributed by atoms with E-state index in [1.165, 1.54) is 0 Å². The monoisotopic (exact) mass is 297 g/mol. The molecule has 0 bridgehead atoms. The lowest BCUT2D eigenvalue weighted by atomic mass is 10.1. The lowest BCUT2D eigenvalue weighted by Crippen LogP contribution is -2.27. The second kappa shape index (κ2) is 7.59. The summed E-state index contributed by atoms with van der Waals surface area (Å²) in [6.45, 7) is 6.20. The summed E-state index contributed by atoms with van der Waals surface area (Å²) in [5.41, 5.74) is 2.44. The minimum absolute atomic E-state index is 0.0478. The van der Waals surface area contributed by atoms with Crippen LogP contribution in [0.3, 0.4) is 0 Å². The summed E-state index contributed by atoms with van der Waals surface area (Å²) in [5.74, 6) is -0.161. The van der Waals surface area contributed by atoms with Gasteiger partial charge in [-0.15, -0.1) is 0 Å². The summed E-state index contributed by atoms with van der Waals surface area (Å²) in [5, 5.41) is 6.29. The van der Waals surface area contributed by atoms with Gasteiger partial charge < -0.3 is 10.6 Å². The number of carbonyl (C=O) groups excluding carboxylic acids is 1. The van der Waals surface area contributed by atoms with Crippen LogP contribution in [0.5, 0.6) is 0 Å². The van der Waals surface area contributed by atoms with Crippen LogP contribution in [0.2, 0.25) is 0 Å². The molecule has 1 aromatic heterocycles. The van der Waals surface area contributed by atoms with E-state index >= 15 is 0 Å². The first-order valence-electron chi connectivity index (χ1n) is 7.68. The van der Waals surface area contributed by atoms with Gasteiger partial charge in [-0.2, -0.15) is 0 Å². The predicted octanol–water partition coefficient (Wildman–Crippen LogP) is 3.78. The Balaban J connectivity index is 1.98. The highest BCUT2D eigenvalue weighted by Crippen LogP contribution is 2.13. The molecule has 1 heterocycles. The number of amides is 1. The van der Waals surface area contributed by atoms with Gasteiger partial charge in [0.2, 0.25) is 0 Å². The van der Waals surface area contributed by atoms with Gasteiger partial charge in [0.25, 0.3) is 5.91 Å². The first-order valence-corrected chi connectivity index (χ1v) is 7.68. The van der Waals surface area contributed by atoms with Crippen LogP contribution in [0.1, 0.15) is 49.3 Å². The van der Waals surface area contributed by atoms with Crippen LogP contribution in [0, 0.1) is 0 Å². The fraction of sp³-hybridized carbons (Fsp3) is 0.333. The molecule has 2 N–H and O–H groups in total. The molecule has 4 heteroatoms. The van der Waals surface area contributed by atoms with E-state index in [1.54, 1.807) is 12.3 Å². The average molecular weight is 297 g/mol. The van der Waals surface area contributed by atoms with Gasteiger partial charge in [0.15, 0.2) is 0 Å². The first kappa shape index (κ1) is 16.0. The van der Waals surface area contributed by atoms with Gasteiger partial charge in [0.05, 0.1) is 17.9 Å². The smallest absolute Gasteiger partial charge is 0.270 e. The summed E-state index contributed by atoms with van der Waals surface area (Å²) < 4.78 is 0. The van der Waals surface area contributed by atoms with Crippen molar-refractivity contribution in [1.29, 1.82) is 0 Å². The number of hydrogen-bond acceptors (Lipinski definition) is 3. The van der Waals surface area contributed by atoms with E-state index in [1.807, 2.05) is 43.3 Å². The maximum Gasteiger partial charge on any atom is 0.270 e. The highest BCUT2D eigenvalue weighted by Gasteiger charge is 2.12. The van der Waals surface area contributed by atoms with Gasteiger partial charge in [0.1, 0.15) is 5.69 Å². The molecule has 1 aromatic carbocycles. The molecule has 2 rings (SSSR count). The molecule has 0 spiro atoms. The van der Waals surface area contributed by atoms with Crippen molar-refractivity contribution in [1.82, 2.24) is 10.3 Å². The van der Waals surface area contributed by atoms with Crippen molar-refractivity contribution in [3.8, 4) is 0 Å². The zero-order chi connectivity index (χ0) is 15.9. The first-order chi connectivity index (χ1) is 10.6. The van der Waals surface area contributed by atoms with E-state index in [4.69, 9.17) is 0 Å². The van der Waals surface area contributed by atoms with E-state index in [-0.39, 0.29) is 11.9 Å². The molecule has 0 radical (unpaired) electrons. The Morgan fingerprint density at radius 3 is 2.45 bits per heavy atom. The Kier molecular flexibility index (Phi) is 5.53. The molecular formula is C18H23N3O. The molecule has 0 aliphatic rings. The maximum absolute atomic E-state index is 12.2. The second-order valence-electron chi connectivity index (χ2n) is 5.49. The van der Waals surface area contributed by atoms with Gasteiger partial charge in [-0.1, -0.05) is 37.3 Å². The molecule has 0 saturated heterocycles. The third-order valence-corrected chi connectivity index (χ3v) is 3.67. The minimum Gasteiger partial charge on any atom is -0.381 e. The van der Waals surface area contributed by atoms with Crippen LogP contribution >= 0.6 is 0 Å². The largest absolute Gasteiger partial charge is 0.381 e. The number of rotatable bonds is 6. The normalized spacial score (nSPS) is 13.2. The molecule has 0 aliphatic carbocycles. The van der Waals surface area contributed by atoms with E-state index < -0.39 is 0 Å². The summed E-state index contributed by atoms with van der Waals surface area (Å²) in [4.78, 5) is 16.5. The SMILES string of the molecule is CCC(C)Nc1ccc(C(=O)NC(C)c2ccccc2)nc1. The van der Waals surface area contributed by atoms with Crippen LogP contribution in [0.15, 0.2) is 48.7 Å². The summed E-state index contributed by atoms with van der Waals surface area (Å²) >= 11 is 0. The Labute approximate surface area is 132 Å². The minimum atomic E-state index is -0.161. The van der Waals surface area contributed by atoms with E-state index in [2.05, 4.69) is 29.5 Å². The standard InChI is InChI=1S/C18H23N3O/c1-4-13(2)20-16-10-11-17(19-12-16)18(22)21-14(3)15-8-6-5-7-9-15/h5-14,20H,4H2,1-3H3,(H,21,22). The van der Waals surface area contributed by atoms with Gasteiger partial charge in [-0.25, -0.2) is 4.98 Å². The van der Waals surface area contributed by atoms with Gasteiger partial charge in [-0.3, -0.25) is 4.79 Å². The number of pyridine rings is 1. The second-order valence-corrected chi connectivity index (χ2v) is 5.49. The van der Waals surface area contributed by atoms with Crippen LogP contribution in [0.25, 0.3) is 0 Å². The lowest BCUT2D eigenvalue weighted by molar-refractivity contribution is 0.0935. The molecule has 116 valence electrons. The third-order valence-electron chi connectivity index (χ3n) is 3.67. The van der Waals surface area contributed by atoms with Crippen molar-refractivity contribution >= 4 is 11.6 Å². The predicted molar refractivity (Wildman–Crippen MR) is 89.9 cm³/mol. The van der Waals surface area contributed by atoms with Gasteiger partial charge >= 0.3 is 0 Å². The molecule has 0 saturated carbocycles. The summed E-state index contributed by atoms with van der Waals surface area (Å²) in [6, 6.07) is 13.9. The van der Waals surface area contributed by atoms with Crippen molar-refractivity contribution in [3.05, 3.63) is 59.9 Å². The van der Waals surface area contributed by atoms with Crippen LogP contribution in [-0.4, -0.2) is 16.9 Å². The molecule has 2 aromatic rings. The topological polar surface area (TPSA) is 54.0 Å². The zero-order valence-corrected chi connectivity index (χ0v) is 13.3. The average Bonchev–Trinajstić information content (AvgIpc) is 2.56. The Morgan fingerprint density at radius 1 is 1.14 bits per heavy atom. The fourth-order valence-electron chi connectivity index (χ4n) is 2.10. The zero-order valence-electron chi connectivity index (χ0n) is 13.3. The number of nitrogens with zero attached hydrogens (tertiary/aromatic N) is 1. The molecule has 4 nitrogen and oxygen atoms in total. The van der Waals surface area contributed by atoms with E-state index in [9.17, 15) is 4.79 Å². The van der Waals surface area contributed by atoms with E-state index in [0.717, 1.165) is 17.7 Å². The van der Waals surface area contributed by atoms with Crippen molar-refractivity contribution in [3.63, 3.8) is 0 Å². The molecular weight excluding hydrogens is 274 g/mol. The lowest BCUT2D eigenvalue weighted by Gasteiger charge is -2.15. The highest BCUT2D eigenvalue weighted by atomic mass is 16.1. The quantitative estimate of drug-likeness (QED) is 0.853. The highest BCUT2D eigenvalue weighted by molar-refractivity contribution is 5.92. The van der Waals surface area contributed by atoms with Crippen LogP contribution < -0.4 is 10.6 Å². The van der Waals surface area contributed by atoms with Crippen LogP contribution in [0.4, 0.5) is 5.69 Å². The molecule has 0 aliphatic heterocycles. The molecule has 2 atom stereocenters. The fourth-order valence-corrected chi connectivity index (χ4v) is 2.10. The Morgan fingerprint density at radius 2 is 1.86 bits per heavy atom. The Bertz CT molecular complexity index is 595. The van der Waals surface area contributed by atoms with Gasteiger partial charge in [0, 0.05) is 6.04 Å². The van der Waals surface area contributed by atoms with E-state index in [0.29, 0.717) is 11.7 Å². The van der Waals surface area contributed by atoms with Crippen molar-refractivity contribution in [2.24, 2.45) is 0 Å². The molecule has 22 heavy (non-hydrogen) atoms. The van der Waals surface area contributed by atoms with Gasteiger partial charge in [-0.05, 0) is 38.0 Å². The van der Waals surface area contributed by atoms with Crippen LogP contribution in [-0.2, 0) is 0 Å². The van der Waals surface area contributed by atoms with Crippen molar-refractivity contribution in [2.75, 3.05) is 5.32 Å². The Hall–Kier alpha value is -2.36. The summed E-state index contributed by atoms with van der Waals surface area (Å²) in [7, 11) is 0. The van der Waals surface area contributed by atoms with Crippen molar-refractivity contribution < 1.29 is 4.79 Å². The number of benzene rings is 1. The number of anilines is 1.